The van der Waals surface area contributed by atoms with Crippen molar-refractivity contribution in [3.8, 4) is 0 Å². The van der Waals surface area contributed by atoms with Crippen molar-refractivity contribution in [1.82, 2.24) is 10.2 Å². The standard InChI is InChI=1S/C13H28N2O/c1-4-12-8-6-7-9-15(12)10-13(3,11-16)14-5-2/h12,14,16H,4-11H2,1-3H3. The van der Waals surface area contributed by atoms with E-state index in [-0.39, 0.29) is 12.1 Å². The first-order chi connectivity index (χ1) is 7.65. The van der Waals surface area contributed by atoms with Gasteiger partial charge in [-0.1, -0.05) is 20.3 Å². The molecule has 1 rings (SSSR count). The van der Waals surface area contributed by atoms with Gasteiger partial charge >= 0.3 is 0 Å². The maximum atomic E-state index is 9.52. The summed E-state index contributed by atoms with van der Waals surface area (Å²) in [5.41, 5.74) is -0.139. The van der Waals surface area contributed by atoms with Gasteiger partial charge in [-0.25, -0.2) is 0 Å². The summed E-state index contributed by atoms with van der Waals surface area (Å²) >= 11 is 0. The van der Waals surface area contributed by atoms with E-state index < -0.39 is 0 Å². The van der Waals surface area contributed by atoms with Gasteiger partial charge in [-0.2, -0.15) is 0 Å². The molecule has 0 aromatic rings. The normalized spacial score (nSPS) is 26.6. The zero-order valence-corrected chi connectivity index (χ0v) is 11.1. The van der Waals surface area contributed by atoms with Gasteiger partial charge < -0.3 is 10.4 Å². The Morgan fingerprint density at radius 3 is 2.69 bits per heavy atom. The summed E-state index contributed by atoms with van der Waals surface area (Å²) in [5.74, 6) is 0. The minimum absolute atomic E-state index is 0.139. The topological polar surface area (TPSA) is 35.5 Å². The Morgan fingerprint density at radius 2 is 2.12 bits per heavy atom. The highest BCUT2D eigenvalue weighted by atomic mass is 16.3. The van der Waals surface area contributed by atoms with E-state index in [1.54, 1.807) is 0 Å². The van der Waals surface area contributed by atoms with Crippen LogP contribution in [-0.4, -0.2) is 47.8 Å². The van der Waals surface area contributed by atoms with Crippen molar-refractivity contribution in [2.24, 2.45) is 0 Å². The number of hydrogen-bond donors (Lipinski definition) is 2. The molecule has 0 spiro atoms. The Labute approximate surface area is 100 Å². The number of aliphatic hydroxyl groups is 1. The number of piperidine rings is 1. The van der Waals surface area contributed by atoms with Crippen LogP contribution in [0.1, 0.15) is 46.5 Å². The molecule has 1 fully saturated rings. The van der Waals surface area contributed by atoms with E-state index in [1.807, 2.05) is 0 Å². The second-order valence-electron chi connectivity index (χ2n) is 5.28. The van der Waals surface area contributed by atoms with E-state index in [9.17, 15) is 5.11 Å². The fourth-order valence-electron chi connectivity index (χ4n) is 2.77. The van der Waals surface area contributed by atoms with E-state index in [0.717, 1.165) is 19.1 Å². The van der Waals surface area contributed by atoms with Gasteiger partial charge in [0.2, 0.25) is 0 Å². The molecule has 2 unspecified atom stereocenters. The van der Waals surface area contributed by atoms with Crippen LogP contribution in [0.2, 0.25) is 0 Å². The average Bonchev–Trinajstić information content (AvgIpc) is 2.30. The lowest BCUT2D eigenvalue weighted by molar-refractivity contribution is 0.0734. The Balaban J connectivity index is 2.54. The number of hydrogen-bond acceptors (Lipinski definition) is 3. The molecule has 3 nitrogen and oxygen atoms in total. The molecule has 3 heteroatoms. The van der Waals surface area contributed by atoms with Gasteiger partial charge in [-0.05, 0) is 39.3 Å². The Hall–Kier alpha value is -0.120. The van der Waals surface area contributed by atoms with Crippen molar-refractivity contribution < 1.29 is 5.11 Å². The second kappa shape index (κ2) is 6.58. The molecular weight excluding hydrogens is 200 g/mol. The highest BCUT2D eigenvalue weighted by molar-refractivity contribution is 4.89. The number of likely N-dealkylation sites (N-methyl/N-ethyl adjacent to an activating group) is 1. The molecule has 2 N–H and O–H groups in total. The third-order valence-electron chi connectivity index (χ3n) is 3.72. The molecule has 0 amide bonds. The molecule has 0 aromatic carbocycles. The molecule has 0 aromatic heterocycles. The van der Waals surface area contributed by atoms with Crippen LogP contribution in [0, 0.1) is 0 Å². The third-order valence-corrected chi connectivity index (χ3v) is 3.72. The predicted octanol–water partition coefficient (Wildman–Crippen LogP) is 1.61. The van der Waals surface area contributed by atoms with Crippen LogP contribution in [0.3, 0.4) is 0 Å². The van der Waals surface area contributed by atoms with Crippen LogP contribution in [0.25, 0.3) is 0 Å². The summed E-state index contributed by atoms with van der Waals surface area (Å²) in [6.45, 7) is 9.79. The summed E-state index contributed by atoms with van der Waals surface area (Å²) in [7, 11) is 0. The van der Waals surface area contributed by atoms with Gasteiger partial charge in [0.15, 0.2) is 0 Å². The number of rotatable bonds is 6. The molecule has 1 aliphatic heterocycles. The van der Waals surface area contributed by atoms with Gasteiger partial charge in [0, 0.05) is 12.6 Å². The molecule has 0 bridgehead atoms. The van der Waals surface area contributed by atoms with E-state index >= 15 is 0 Å². The Morgan fingerprint density at radius 1 is 1.38 bits per heavy atom. The van der Waals surface area contributed by atoms with Crippen molar-refractivity contribution in [3.05, 3.63) is 0 Å². The van der Waals surface area contributed by atoms with Crippen LogP contribution in [0.4, 0.5) is 0 Å². The maximum absolute atomic E-state index is 9.52. The molecule has 1 heterocycles. The molecule has 2 atom stereocenters. The molecule has 16 heavy (non-hydrogen) atoms. The van der Waals surface area contributed by atoms with Gasteiger partial charge in [0.05, 0.1) is 12.1 Å². The minimum atomic E-state index is -0.139. The van der Waals surface area contributed by atoms with Crippen LogP contribution >= 0.6 is 0 Å². The number of nitrogens with one attached hydrogen (secondary N) is 1. The fourth-order valence-corrected chi connectivity index (χ4v) is 2.77. The van der Waals surface area contributed by atoms with Gasteiger partial charge in [-0.3, -0.25) is 4.90 Å². The molecular formula is C13H28N2O. The molecule has 1 saturated heterocycles. The number of nitrogens with zero attached hydrogens (tertiary/aromatic N) is 1. The zero-order chi connectivity index (χ0) is 12.0. The Bertz CT molecular complexity index is 198. The largest absolute Gasteiger partial charge is 0.394 e. The summed E-state index contributed by atoms with van der Waals surface area (Å²) in [4.78, 5) is 2.56. The monoisotopic (exact) mass is 228 g/mol. The van der Waals surface area contributed by atoms with Gasteiger partial charge in [-0.15, -0.1) is 0 Å². The molecule has 0 aliphatic carbocycles. The third kappa shape index (κ3) is 3.72. The minimum Gasteiger partial charge on any atom is -0.394 e. The highest BCUT2D eigenvalue weighted by Gasteiger charge is 2.29. The highest BCUT2D eigenvalue weighted by Crippen LogP contribution is 2.21. The lowest BCUT2D eigenvalue weighted by Crippen LogP contribution is -2.56. The van der Waals surface area contributed by atoms with Crippen LogP contribution in [-0.2, 0) is 0 Å². The smallest absolute Gasteiger partial charge is 0.0623 e. The van der Waals surface area contributed by atoms with E-state index in [2.05, 4.69) is 31.0 Å². The predicted molar refractivity (Wildman–Crippen MR) is 68.7 cm³/mol. The first kappa shape index (κ1) is 13.9. The molecule has 96 valence electrons. The van der Waals surface area contributed by atoms with Crippen LogP contribution in [0.5, 0.6) is 0 Å². The van der Waals surface area contributed by atoms with Crippen molar-refractivity contribution >= 4 is 0 Å². The lowest BCUT2D eigenvalue weighted by atomic mass is 9.95. The van der Waals surface area contributed by atoms with Crippen molar-refractivity contribution in [2.75, 3.05) is 26.2 Å². The van der Waals surface area contributed by atoms with Crippen molar-refractivity contribution in [1.29, 1.82) is 0 Å². The van der Waals surface area contributed by atoms with Crippen LogP contribution < -0.4 is 5.32 Å². The van der Waals surface area contributed by atoms with E-state index in [0.29, 0.717) is 0 Å². The van der Waals surface area contributed by atoms with E-state index in [4.69, 9.17) is 0 Å². The van der Waals surface area contributed by atoms with E-state index in [1.165, 1.54) is 32.2 Å². The molecule has 1 aliphatic rings. The van der Waals surface area contributed by atoms with Gasteiger partial charge in [0.25, 0.3) is 0 Å². The van der Waals surface area contributed by atoms with Gasteiger partial charge in [0.1, 0.15) is 0 Å². The molecule has 0 radical (unpaired) electrons. The fraction of sp³-hybridized carbons (Fsp3) is 1.00. The lowest BCUT2D eigenvalue weighted by Gasteiger charge is -2.41. The first-order valence-electron chi connectivity index (χ1n) is 6.75. The number of likely N-dealkylation sites (tertiary alicyclic amines) is 1. The van der Waals surface area contributed by atoms with Crippen molar-refractivity contribution in [3.63, 3.8) is 0 Å². The maximum Gasteiger partial charge on any atom is 0.0623 e. The SMILES string of the molecule is CCNC(C)(CO)CN1CCCCC1CC. The quantitative estimate of drug-likeness (QED) is 0.725. The van der Waals surface area contributed by atoms with Crippen LogP contribution in [0.15, 0.2) is 0 Å². The number of aliphatic hydroxyl groups excluding tert-OH is 1. The Kier molecular flexibility index (Phi) is 5.73. The summed E-state index contributed by atoms with van der Waals surface area (Å²) in [5, 5.41) is 12.9. The molecule has 0 saturated carbocycles. The van der Waals surface area contributed by atoms with Crippen molar-refractivity contribution in [2.45, 2.75) is 58.0 Å². The first-order valence-corrected chi connectivity index (χ1v) is 6.75. The summed E-state index contributed by atoms with van der Waals surface area (Å²) < 4.78 is 0. The summed E-state index contributed by atoms with van der Waals surface area (Å²) in [6.07, 6.45) is 5.23. The zero-order valence-electron chi connectivity index (χ0n) is 11.1. The average molecular weight is 228 g/mol. The second-order valence-corrected chi connectivity index (χ2v) is 5.28. The summed E-state index contributed by atoms with van der Waals surface area (Å²) in [6, 6.07) is 0.721.